The summed E-state index contributed by atoms with van der Waals surface area (Å²) in [6.07, 6.45) is 1.90. The first kappa shape index (κ1) is 16.2. The Balaban J connectivity index is 1.89. The molecule has 3 aromatic rings. The molecule has 0 amide bonds. The molecule has 1 aromatic heterocycles. The summed E-state index contributed by atoms with van der Waals surface area (Å²) in [5.74, 6) is 0.505. The van der Waals surface area contributed by atoms with Crippen molar-refractivity contribution in [3.05, 3.63) is 76.1 Å². The monoisotopic (exact) mass is 330 g/mol. The van der Waals surface area contributed by atoms with E-state index in [2.05, 4.69) is 49.2 Å². The lowest BCUT2D eigenvalue weighted by molar-refractivity contribution is 0.866. The smallest absolute Gasteiger partial charge is 0.134 e. The summed E-state index contributed by atoms with van der Waals surface area (Å²) in [6, 6.07) is 20.6. The highest BCUT2D eigenvalue weighted by Gasteiger charge is 2.09. The van der Waals surface area contributed by atoms with Crippen LogP contribution in [0.5, 0.6) is 0 Å². The fourth-order valence-corrected chi connectivity index (χ4v) is 3.22. The molecule has 0 radical (unpaired) electrons. The predicted octanol–water partition coefficient (Wildman–Crippen LogP) is 6.00. The number of hydrogen-bond donors (Lipinski definition) is 0. The Bertz CT molecular complexity index is 882. The predicted molar refractivity (Wildman–Crippen MR) is 102 cm³/mol. The second kappa shape index (κ2) is 7.25. The molecule has 0 spiro atoms. The van der Waals surface area contributed by atoms with Crippen molar-refractivity contribution in [3.8, 4) is 17.3 Å². The zero-order valence-electron chi connectivity index (χ0n) is 13.7. The Labute approximate surface area is 146 Å². The summed E-state index contributed by atoms with van der Waals surface area (Å²) in [5, 5.41) is 12.3. The minimum Gasteiger partial charge on any atom is -0.235 e. The van der Waals surface area contributed by atoms with Crippen molar-refractivity contribution >= 4 is 23.0 Å². The molecule has 0 atom stereocenters. The molecule has 0 fully saturated rings. The van der Waals surface area contributed by atoms with E-state index < -0.39 is 0 Å². The third-order valence-electron chi connectivity index (χ3n) is 3.84. The molecule has 0 aliphatic carbocycles. The van der Waals surface area contributed by atoms with Gasteiger partial charge in [0, 0.05) is 10.9 Å². The zero-order chi connectivity index (χ0) is 16.9. The standard InChI is InChI=1S/C21H18N2S/c1-15(2)17-10-8-16(9-11-17)12-19(13-22)21-23-20(14-24-21)18-6-4-3-5-7-18/h3-12,14-15H,1-2H3. The van der Waals surface area contributed by atoms with Gasteiger partial charge in [0.15, 0.2) is 0 Å². The van der Waals surface area contributed by atoms with Crippen LogP contribution in [0.25, 0.3) is 22.9 Å². The summed E-state index contributed by atoms with van der Waals surface area (Å²) in [4.78, 5) is 4.62. The van der Waals surface area contributed by atoms with Crippen LogP contribution in [0.15, 0.2) is 60.0 Å². The van der Waals surface area contributed by atoms with Gasteiger partial charge in [-0.15, -0.1) is 11.3 Å². The average Bonchev–Trinajstić information content (AvgIpc) is 3.11. The van der Waals surface area contributed by atoms with Gasteiger partial charge in [0.2, 0.25) is 0 Å². The van der Waals surface area contributed by atoms with Gasteiger partial charge in [-0.05, 0) is 23.1 Å². The number of nitrogens with zero attached hydrogens (tertiary/aromatic N) is 2. The zero-order valence-corrected chi connectivity index (χ0v) is 14.5. The summed E-state index contributed by atoms with van der Waals surface area (Å²) >= 11 is 1.50. The molecule has 0 aliphatic rings. The molecular weight excluding hydrogens is 312 g/mol. The topological polar surface area (TPSA) is 36.7 Å². The molecular formula is C21H18N2S. The van der Waals surface area contributed by atoms with Crippen LogP contribution in [0.2, 0.25) is 0 Å². The lowest BCUT2D eigenvalue weighted by atomic mass is 10.0. The lowest BCUT2D eigenvalue weighted by Crippen LogP contribution is -1.87. The summed E-state index contributed by atoms with van der Waals surface area (Å²) in [7, 11) is 0. The van der Waals surface area contributed by atoms with Crippen molar-refractivity contribution in [1.29, 1.82) is 5.26 Å². The van der Waals surface area contributed by atoms with E-state index in [0.717, 1.165) is 21.8 Å². The highest BCUT2D eigenvalue weighted by Crippen LogP contribution is 2.27. The van der Waals surface area contributed by atoms with Crippen LogP contribution in [0, 0.1) is 11.3 Å². The lowest BCUT2D eigenvalue weighted by Gasteiger charge is -2.04. The van der Waals surface area contributed by atoms with Crippen LogP contribution in [-0.4, -0.2) is 4.98 Å². The number of benzene rings is 2. The number of thiazole rings is 1. The van der Waals surface area contributed by atoms with Crippen molar-refractivity contribution in [2.45, 2.75) is 19.8 Å². The van der Waals surface area contributed by atoms with Gasteiger partial charge >= 0.3 is 0 Å². The SMILES string of the molecule is CC(C)c1ccc(C=C(C#N)c2nc(-c3ccccc3)cs2)cc1. The van der Waals surface area contributed by atoms with E-state index in [-0.39, 0.29) is 0 Å². The fraction of sp³-hybridized carbons (Fsp3) is 0.143. The first-order valence-corrected chi connectivity index (χ1v) is 8.78. The quantitative estimate of drug-likeness (QED) is 0.550. The van der Waals surface area contributed by atoms with Gasteiger partial charge < -0.3 is 0 Å². The van der Waals surface area contributed by atoms with Crippen molar-refractivity contribution in [1.82, 2.24) is 4.98 Å². The molecule has 2 aromatic carbocycles. The molecule has 118 valence electrons. The first-order valence-electron chi connectivity index (χ1n) is 7.90. The maximum atomic E-state index is 9.51. The van der Waals surface area contributed by atoms with Gasteiger partial charge in [0.1, 0.15) is 11.1 Å². The Morgan fingerprint density at radius 3 is 2.42 bits per heavy atom. The number of hydrogen-bond acceptors (Lipinski definition) is 3. The molecule has 0 aliphatic heterocycles. The Morgan fingerprint density at radius 1 is 1.08 bits per heavy atom. The molecule has 0 unspecified atom stereocenters. The maximum absolute atomic E-state index is 9.51. The molecule has 0 bridgehead atoms. The number of rotatable bonds is 4. The van der Waals surface area contributed by atoms with Crippen molar-refractivity contribution in [2.75, 3.05) is 0 Å². The molecule has 24 heavy (non-hydrogen) atoms. The van der Waals surface area contributed by atoms with Crippen LogP contribution < -0.4 is 0 Å². The maximum Gasteiger partial charge on any atom is 0.134 e. The van der Waals surface area contributed by atoms with Crippen molar-refractivity contribution in [3.63, 3.8) is 0 Å². The second-order valence-electron chi connectivity index (χ2n) is 5.90. The van der Waals surface area contributed by atoms with Gasteiger partial charge in [-0.25, -0.2) is 4.98 Å². The van der Waals surface area contributed by atoms with Gasteiger partial charge in [-0.1, -0.05) is 68.4 Å². The van der Waals surface area contributed by atoms with E-state index in [1.807, 2.05) is 41.8 Å². The van der Waals surface area contributed by atoms with Crippen LogP contribution in [0.4, 0.5) is 0 Å². The summed E-state index contributed by atoms with van der Waals surface area (Å²) in [5.41, 5.74) is 4.89. The molecule has 2 nitrogen and oxygen atoms in total. The van der Waals surface area contributed by atoms with E-state index in [0.29, 0.717) is 11.5 Å². The molecule has 0 saturated carbocycles. The molecule has 3 heteroatoms. The van der Waals surface area contributed by atoms with Crippen LogP contribution >= 0.6 is 11.3 Å². The first-order chi connectivity index (χ1) is 11.7. The third-order valence-corrected chi connectivity index (χ3v) is 4.71. The minimum atomic E-state index is 0.505. The van der Waals surface area contributed by atoms with Crippen LogP contribution in [0.1, 0.15) is 35.9 Å². The molecule has 0 N–H and O–H groups in total. The van der Waals surface area contributed by atoms with E-state index in [9.17, 15) is 5.26 Å². The Morgan fingerprint density at radius 2 is 1.79 bits per heavy atom. The van der Waals surface area contributed by atoms with Crippen LogP contribution in [0.3, 0.4) is 0 Å². The fourth-order valence-electron chi connectivity index (χ4n) is 2.42. The Hall–Kier alpha value is -2.70. The van der Waals surface area contributed by atoms with Crippen LogP contribution in [-0.2, 0) is 0 Å². The van der Waals surface area contributed by atoms with Gasteiger partial charge in [0.25, 0.3) is 0 Å². The average molecular weight is 330 g/mol. The van der Waals surface area contributed by atoms with Gasteiger partial charge in [0.05, 0.1) is 11.3 Å². The summed E-state index contributed by atoms with van der Waals surface area (Å²) in [6.45, 7) is 4.35. The van der Waals surface area contributed by atoms with E-state index in [1.165, 1.54) is 16.9 Å². The highest BCUT2D eigenvalue weighted by atomic mass is 32.1. The van der Waals surface area contributed by atoms with Crippen molar-refractivity contribution < 1.29 is 0 Å². The molecule has 3 rings (SSSR count). The number of allylic oxidation sites excluding steroid dienone is 1. The van der Waals surface area contributed by atoms with Crippen molar-refractivity contribution in [2.24, 2.45) is 0 Å². The largest absolute Gasteiger partial charge is 0.235 e. The van der Waals surface area contributed by atoms with E-state index in [4.69, 9.17) is 0 Å². The van der Waals surface area contributed by atoms with E-state index >= 15 is 0 Å². The highest BCUT2D eigenvalue weighted by molar-refractivity contribution is 7.11. The normalized spacial score (nSPS) is 11.5. The number of aromatic nitrogens is 1. The number of nitriles is 1. The molecule has 1 heterocycles. The van der Waals surface area contributed by atoms with Gasteiger partial charge in [-0.3, -0.25) is 0 Å². The summed E-state index contributed by atoms with van der Waals surface area (Å²) < 4.78 is 0. The Kier molecular flexibility index (Phi) is 4.88. The van der Waals surface area contributed by atoms with E-state index in [1.54, 1.807) is 0 Å². The minimum absolute atomic E-state index is 0.505. The van der Waals surface area contributed by atoms with Gasteiger partial charge in [-0.2, -0.15) is 5.26 Å². The molecule has 0 saturated heterocycles. The third kappa shape index (κ3) is 3.61. The second-order valence-corrected chi connectivity index (χ2v) is 6.75.